The van der Waals surface area contributed by atoms with Crippen molar-refractivity contribution in [1.29, 1.82) is 0 Å². The summed E-state index contributed by atoms with van der Waals surface area (Å²) >= 11 is 18.6. The van der Waals surface area contributed by atoms with Gasteiger partial charge in [0.15, 0.2) is 0 Å². The number of nitrogens with zero attached hydrogens (tertiary/aromatic N) is 2. The van der Waals surface area contributed by atoms with Gasteiger partial charge in [0.2, 0.25) is 21.8 Å². The van der Waals surface area contributed by atoms with Gasteiger partial charge in [-0.3, -0.25) is 13.9 Å². The van der Waals surface area contributed by atoms with E-state index in [1.807, 2.05) is 13.8 Å². The number of methoxy groups -OCH3 is 1. The van der Waals surface area contributed by atoms with Gasteiger partial charge in [-0.25, -0.2) is 8.42 Å². The van der Waals surface area contributed by atoms with Crippen molar-refractivity contribution in [2.75, 3.05) is 30.8 Å². The number of benzene rings is 2. The number of nitrogens with one attached hydrogen (secondary N) is 1. The van der Waals surface area contributed by atoms with Crippen molar-refractivity contribution in [2.45, 2.75) is 39.8 Å². The van der Waals surface area contributed by atoms with E-state index in [4.69, 9.17) is 39.5 Å². The molecule has 0 fully saturated rings. The van der Waals surface area contributed by atoms with Crippen LogP contribution in [0.5, 0.6) is 5.75 Å². The highest BCUT2D eigenvalue weighted by Crippen LogP contribution is 2.30. The molecule has 1 N–H and O–H groups in total. The van der Waals surface area contributed by atoms with Crippen molar-refractivity contribution >= 4 is 62.3 Å². The Morgan fingerprint density at radius 2 is 1.73 bits per heavy atom. The van der Waals surface area contributed by atoms with E-state index in [0.717, 1.165) is 10.6 Å². The first-order chi connectivity index (χ1) is 17.3. The molecule has 0 aliphatic carbocycles. The van der Waals surface area contributed by atoms with Crippen molar-refractivity contribution < 1.29 is 22.7 Å². The third-order valence-electron chi connectivity index (χ3n) is 5.53. The summed E-state index contributed by atoms with van der Waals surface area (Å²) < 4.78 is 31.5. The number of halogens is 3. The Labute approximate surface area is 233 Å². The van der Waals surface area contributed by atoms with Crippen LogP contribution in [0.2, 0.25) is 15.1 Å². The average Bonchev–Trinajstić information content (AvgIpc) is 2.81. The van der Waals surface area contributed by atoms with E-state index in [1.54, 1.807) is 25.1 Å². The zero-order chi connectivity index (χ0) is 27.9. The molecular formula is C25H32Cl3N3O5S. The third-order valence-corrected chi connectivity index (χ3v) is 7.55. The standard InChI is InChI=1S/C25H32Cl3N3O5S/c1-6-22(25(33)29-13-16(2)3)30(14-17-7-8-18(26)11-20(17)27)24(32)15-31(37(5,34)35)19-9-10-23(36-4)21(28)12-19/h7-12,16,22H,6,13-15H2,1-5H3,(H,29,33). The molecule has 8 nitrogen and oxygen atoms in total. The summed E-state index contributed by atoms with van der Waals surface area (Å²) in [5.41, 5.74) is 0.747. The van der Waals surface area contributed by atoms with Crippen LogP contribution in [-0.4, -0.2) is 57.6 Å². The quantitative estimate of drug-likeness (QED) is 0.374. The SMILES string of the molecule is CCC(C(=O)NCC(C)C)N(Cc1ccc(Cl)cc1Cl)C(=O)CN(c1ccc(OC)c(Cl)c1)S(C)(=O)=O. The van der Waals surface area contributed by atoms with Crippen molar-refractivity contribution in [1.82, 2.24) is 10.2 Å². The van der Waals surface area contributed by atoms with Crippen LogP contribution in [0.25, 0.3) is 0 Å². The molecule has 0 aliphatic heterocycles. The number of ether oxygens (including phenoxy) is 1. The number of hydrogen-bond donors (Lipinski definition) is 1. The fourth-order valence-electron chi connectivity index (χ4n) is 3.60. The normalized spacial score (nSPS) is 12.2. The molecule has 2 aromatic carbocycles. The molecule has 204 valence electrons. The molecule has 2 aromatic rings. The van der Waals surface area contributed by atoms with E-state index in [9.17, 15) is 18.0 Å². The molecule has 0 saturated heterocycles. The Morgan fingerprint density at radius 3 is 2.24 bits per heavy atom. The van der Waals surface area contributed by atoms with Gasteiger partial charge in [-0.15, -0.1) is 0 Å². The van der Waals surface area contributed by atoms with Crippen LogP contribution in [0.15, 0.2) is 36.4 Å². The Hall–Kier alpha value is -2.20. The van der Waals surface area contributed by atoms with Crippen LogP contribution < -0.4 is 14.4 Å². The topological polar surface area (TPSA) is 96.0 Å². The molecule has 1 unspecified atom stereocenters. The number of carbonyl (C=O) groups excluding carboxylic acids is 2. The molecule has 0 aromatic heterocycles. The molecule has 2 amide bonds. The van der Waals surface area contributed by atoms with Gasteiger partial charge in [-0.2, -0.15) is 0 Å². The van der Waals surface area contributed by atoms with Crippen molar-refractivity contribution in [2.24, 2.45) is 5.92 Å². The minimum Gasteiger partial charge on any atom is -0.495 e. The lowest BCUT2D eigenvalue weighted by Gasteiger charge is -2.33. The lowest BCUT2D eigenvalue weighted by atomic mass is 10.1. The van der Waals surface area contributed by atoms with E-state index in [1.165, 1.54) is 30.2 Å². The summed E-state index contributed by atoms with van der Waals surface area (Å²) in [7, 11) is -2.46. The van der Waals surface area contributed by atoms with Gasteiger partial charge in [0.25, 0.3) is 0 Å². The first-order valence-corrected chi connectivity index (χ1v) is 14.6. The molecule has 0 bridgehead atoms. The van der Waals surface area contributed by atoms with Crippen molar-refractivity contribution in [3.63, 3.8) is 0 Å². The zero-order valence-corrected chi connectivity index (χ0v) is 24.5. The van der Waals surface area contributed by atoms with Crippen LogP contribution in [0.4, 0.5) is 5.69 Å². The second-order valence-electron chi connectivity index (χ2n) is 8.91. The monoisotopic (exact) mass is 591 g/mol. The van der Waals surface area contributed by atoms with Crippen LogP contribution in [-0.2, 0) is 26.2 Å². The molecule has 12 heteroatoms. The first kappa shape index (κ1) is 31.0. The average molecular weight is 593 g/mol. The van der Waals surface area contributed by atoms with Gasteiger partial charge in [0.1, 0.15) is 18.3 Å². The fraction of sp³-hybridized carbons (Fsp3) is 0.440. The lowest BCUT2D eigenvalue weighted by Crippen LogP contribution is -2.52. The molecule has 2 rings (SSSR count). The van der Waals surface area contributed by atoms with Crippen LogP contribution in [0.1, 0.15) is 32.8 Å². The Kier molecular flexibility index (Phi) is 11.4. The zero-order valence-electron chi connectivity index (χ0n) is 21.4. The predicted molar refractivity (Wildman–Crippen MR) is 149 cm³/mol. The van der Waals surface area contributed by atoms with Gasteiger partial charge in [-0.1, -0.05) is 61.6 Å². The van der Waals surface area contributed by atoms with Crippen molar-refractivity contribution in [3.8, 4) is 5.75 Å². The van der Waals surface area contributed by atoms with Crippen LogP contribution in [0, 0.1) is 5.92 Å². The van der Waals surface area contributed by atoms with Gasteiger partial charge < -0.3 is 15.0 Å². The molecule has 1 atom stereocenters. The third kappa shape index (κ3) is 8.67. The number of sulfonamides is 1. The Bertz CT molecular complexity index is 1220. The number of anilines is 1. The molecule has 37 heavy (non-hydrogen) atoms. The second-order valence-corrected chi connectivity index (χ2v) is 12.1. The van der Waals surface area contributed by atoms with Gasteiger partial charge >= 0.3 is 0 Å². The maximum absolute atomic E-state index is 13.7. The first-order valence-electron chi connectivity index (χ1n) is 11.6. The summed E-state index contributed by atoms with van der Waals surface area (Å²) in [6.07, 6.45) is 1.29. The van der Waals surface area contributed by atoms with Gasteiger partial charge in [0, 0.05) is 23.1 Å². The largest absolute Gasteiger partial charge is 0.495 e. The summed E-state index contributed by atoms with van der Waals surface area (Å²) in [4.78, 5) is 28.2. The Morgan fingerprint density at radius 1 is 1.05 bits per heavy atom. The minimum atomic E-state index is -3.90. The second kappa shape index (κ2) is 13.6. The Balaban J connectivity index is 2.48. The van der Waals surface area contributed by atoms with E-state index in [-0.39, 0.29) is 29.1 Å². The highest BCUT2D eigenvalue weighted by molar-refractivity contribution is 7.92. The summed E-state index contributed by atoms with van der Waals surface area (Å²) in [6, 6.07) is 8.39. The molecule has 0 radical (unpaired) electrons. The lowest BCUT2D eigenvalue weighted by molar-refractivity contribution is -0.140. The van der Waals surface area contributed by atoms with E-state index in [2.05, 4.69) is 5.32 Å². The van der Waals surface area contributed by atoms with E-state index in [0.29, 0.717) is 34.3 Å². The van der Waals surface area contributed by atoms with E-state index < -0.39 is 28.5 Å². The number of hydrogen-bond acceptors (Lipinski definition) is 5. The summed E-state index contributed by atoms with van der Waals surface area (Å²) in [6.45, 7) is 5.55. The highest BCUT2D eigenvalue weighted by atomic mass is 35.5. The molecule has 0 saturated carbocycles. The molecular weight excluding hydrogens is 561 g/mol. The van der Waals surface area contributed by atoms with Gasteiger partial charge in [0.05, 0.1) is 24.1 Å². The molecule has 0 heterocycles. The molecule has 0 aliphatic rings. The number of carbonyl (C=O) groups is 2. The van der Waals surface area contributed by atoms with E-state index >= 15 is 0 Å². The van der Waals surface area contributed by atoms with Crippen LogP contribution >= 0.6 is 34.8 Å². The fourth-order valence-corrected chi connectivity index (χ4v) is 5.16. The summed E-state index contributed by atoms with van der Waals surface area (Å²) in [5.74, 6) is -0.364. The molecule has 0 spiro atoms. The van der Waals surface area contributed by atoms with Gasteiger partial charge in [-0.05, 0) is 48.2 Å². The van der Waals surface area contributed by atoms with Crippen molar-refractivity contribution in [3.05, 3.63) is 57.0 Å². The maximum atomic E-state index is 13.7. The smallest absolute Gasteiger partial charge is 0.244 e. The highest BCUT2D eigenvalue weighted by Gasteiger charge is 2.32. The number of amides is 2. The summed E-state index contributed by atoms with van der Waals surface area (Å²) in [5, 5.41) is 3.80. The maximum Gasteiger partial charge on any atom is 0.244 e. The van der Waals surface area contributed by atoms with Crippen LogP contribution in [0.3, 0.4) is 0 Å². The predicted octanol–water partition coefficient (Wildman–Crippen LogP) is 5.00. The minimum absolute atomic E-state index is 0.0244. The number of rotatable bonds is 12.